The van der Waals surface area contributed by atoms with E-state index in [2.05, 4.69) is 6.07 Å². The largest absolute Gasteiger partial charge is 0.494 e. The van der Waals surface area contributed by atoms with E-state index in [0.717, 1.165) is 5.56 Å². The van der Waals surface area contributed by atoms with Gasteiger partial charge in [-0.2, -0.15) is 0 Å². The summed E-state index contributed by atoms with van der Waals surface area (Å²) in [5.41, 5.74) is 2.60. The first-order chi connectivity index (χ1) is 10.2. The Bertz CT molecular complexity index is 635. The minimum absolute atomic E-state index is 0.218. The molecule has 3 heteroatoms. The van der Waals surface area contributed by atoms with Crippen molar-refractivity contribution in [2.45, 2.75) is 31.3 Å². The molecule has 0 aromatic heterocycles. The molecule has 1 N–H and O–H groups in total. The lowest BCUT2D eigenvalue weighted by atomic mass is 9.94. The third-order valence-electron chi connectivity index (χ3n) is 4.05. The number of methoxy groups -OCH3 is 1. The topological polar surface area (TPSA) is 29.5 Å². The van der Waals surface area contributed by atoms with E-state index < -0.39 is 6.10 Å². The van der Waals surface area contributed by atoms with Crippen LogP contribution in [0.4, 0.5) is 4.39 Å². The number of hydrogen-bond acceptors (Lipinski definition) is 2. The number of rotatable bonds is 5. The lowest BCUT2D eigenvalue weighted by molar-refractivity contribution is 0.175. The van der Waals surface area contributed by atoms with Gasteiger partial charge >= 0.3 is 0 Å². The summed E-state index contributed by atoms with van der Waals surface area (Å²) in [4.78, 5) is 0. The standard InChI is InChI=1S/C18H19FO2/c1-21-17-8-4-5-13(18(17)19)11-16(20)15-7-3-2-6-14(15)12-9-10-12/h2-8,12,16,20H,9-11H2,1H3. The molecule has 21 heavy (non-hydrogen) atoms. The molecular formula is C18H19FO2. The molecule has 2 nitrogen and oxygen atoms in total. The minimum Gasteiger partial charge on any atom is -0.494 e. The van der Waals surface area contributed by atoms with E-state index in [1.54, 1.807) is 18.2 Å². The Morgan fingerprint density at radius 1 is 1.19 bits per heavy atom. The van der Waals surface area contributed by atoms with Crippen molar-refractivity contribution < 1.29 is 14.2 Å². The van der Waals surface area contributed by atoms with E-state index in [1.165, 1.54) is 25.5 Å². The SMILES string of the molecule is COc1cccc(CC(O)c2ccccc2C2CC2)c1F. The zero-order valence-corrected chi connectivity index (χ0v) is 12.1. The van der Waals surface area contributed by atoms with Crippen LogP contribution in [0.2, 0.25) is 0 Å². The highest BCUT2D eigenvalue weighted by Gasteiger charge is 2.28. The molecule has 0 heterocycles. The molecule has 0 aliphatic heterocycles. The summed E-state index contributed by atoms with van der Waals surface area (Å²) < 4.78 is 19.2. The first kappa shape index (κ1) is 14.1. The van der Waals surface area contributed by atoms with E-state index in [-0.39, 0.29) is 18.0 Å². The summed E-state index contributed by atoms with van der Waals surface area (Å²) in [6.07, 6.45) is 1.92. The zero-order chi connectivity index (χ0) is 14.8. The second-order valence-electron chi connectivity index (χ2n) is 5.56. The molecule has 0 spiro atoms. The molecule has 1 saturated carbocycles. The summed E-state index contributed by atoms with van der Waals surface area (Å²) >= 11 is 0. The van der Waals surface area contributed by atoms with Crippen LogP contribution in [0.1, 0.15) is 41.6 Å². The Balaban J connectivity index is 1.85. The Morgan fingerprint density at radius 2 is 1.95 bits per heavy atom. The van der Waals surface area contributed by atoms with Crippen LogP contribution < -0.4 is 4.74 Å². The van der Waals surface area contributed by atoms with Gasteiger partial charge in [-0.1, -0.05) is 36.4 Å². The second kappa shape index (κ2) is 5.86. The molecule has 110 valence electrons. The average molecular weight is 286 g/mol. The zero-order valence-electron chi connectivity index (χ0n) is 12.1. The fourth-order valence-corrected chi connectivity index (χ4v) is 2.77. The van der Waals surface area contributed by atoms with Gasteiger partial charge in [-0.3, -0.25) is 0 Å². The van der Waals surface area contributed by atoms with Crippen LogP contribution >= 0.6 is 0 Å². The summed E-state index contributed by atoms with van der Waals surface area (Å²) in [5, 5.41) is 10.5. The van der Waals surface area contributed by atoms with Crippen molar-refractivity contribution in [1.82, 2.24) is 0 Å². The average Bonchev–Trinajstić information content (AvgIpc) is 3.34. The molecular weight excluding hydrogens is 267 g/mol. The number of halogens is 1. The molecule has 1 aliphatic carbocycles. The predicted octanol–water partition coefficient (Wildman–Crippen LogP) is 3.99. The molecule has 0 radical (unpaired) electrons. The van der Waals surface area contributed by atoms with E-state index >= 15 is 0 Å². The predicted molar refractivity (Wildman–Crippen MR) is 80.0 cm³/mol. The third kappa shape index (κ3) is 2.93. The highest BCUT2D eigenvalue weighted by atomic mass is 19.1. The van der Waals surface area contributed by atoms with Crippen LogP contribution in [0, 0.1) is 5.82 Å². The summed E-state index contributed by atoms with van der Waals surface area (Å²) in [7, 11) is 1.45. The lowest BCUT2D eigenvalue weighted by Crippen LogP contribution is -2.07. The molecule has 1 unspecified atom stereocenters. The quantitative estimate of drug-likeness (QED) is 0.900. The van der Waals surface area contributed by atoms with Gasteiger partial charge in [0.15, 0.2) is 11.6 Å². The van der Waals surface area contributed by atoms with Crippen molar-refractivity contribution in [3.8, 4) is 5.75 Å². The van der Waals surface area contributed by atoms with Crippen molar-refractivity contribution in [1.29, 1.82) is 0 Å². The number of ether oxygens (including phenoxy) is 1. The first-order valence-electron chi connectivity index (χ1n) is 7.29. The monoisotopic (exact) mass is 286 g/mol. The maximum Gasteiger partial charge on any atom is 0.168 e. The van der Waals surface area contributed by atoms with E-state index in [1.807, 2.05) is 18.2 Å². The Morgan fingerprint density at radius 3 is 2.67 bits per heavy atom. The molecule has 2 aromatic rings. The number of benzene rings is 2. The molecule has 1 aliphatic rings. The van der Waals surface area contributed by atoms with Crippen LogP contribution in [-0.4, -0.2) is 12.2 Å². The third-order valence-corrected chi connectivity index (χ3v) is 4.05. The maximum absolute atomic E-state index is 14.2. The van der Waals surface area contributed by atoms with Gasteiger partial charge < -0.3 is 9.84 Å². The van der Waals surface area contributed by atoms with Crippen molar-refractivity contribution in [2.24, 2.45) is 0 Å². The van der Waals surface area contributed by atoms with Gasteiger partial charge in [0.2, 0.25) is 0 Å². The van der Waals surface area contributed by atoms with Crippen molar-refractivity contribution in [3.63, 3.8) is 0 Å². The highest BCUT2D eigenvalue weighted by molar-refractivity contribution is 5.37. The normalized spacial score (nSPS) is 15.8. The minimum atomic E-state index is -0.691. The molecule has 0 amide bonds. The lowest BCUT2D eigenvalue weighted by Gasteiger charge is -2.16. The van der Waals surface area contributed by atoms with Gasteiger partial charge in [0.25, 0.3) is 0 Å². The highest BCUT2D eigenvalue weighted by Crippen LogP contribution is 2.43. The Labute approximate surface area is 124 Å². The summed E-state index contributed by atoms with van der Waals surface area (Å²) in [6, 6.07) is 13.0. The van der Waals surface area contributed by atoms with Gasteiger partial charge in [0, 0.05) is 6.42 Å². The molecule has 3 rings (SSSR count). The number of aliphatic hydroxyl groups excluding tert-OH is 1. The smallest absolute Gasteiger partial charge is 0.168 e. The Hall–Kier alpha value is -1.87. The molecule has 1 fully saturated rings. The fraction of sp³-hybridized carbons (Fsp3) is 0.333. The van der Waals surface area contributed by atoms with E-state index in [9.17, 15) is 9.50 Å². The summed E-state index contributed by atoms with van der Waals surface area (Å²) in [6.45, 7) is 0. The van der Waals surface area contributed by atoms with Crippen LogP contribution in [0.25, 0.3) is 0 Å². The molecule has 2 aromatic carbocycles. The van der Waals surface area contributed by atoms with Crippen LogP contribution in [0.5, 0.6) is 5.75 Å². The maximum atomic E-state index is 14.2. The van der Waals surface area contributed by atoms with Crippen molar-refractivity contribution in [3.05, 3.63) is 65.0 Å². The summed E-state index contributed by atoms with van der Waals surface area (Å²) in [5.74, 6) is 0.393. The van der Waals surface area contributed by atoms with Gasteiger partial charge in [0.1, 0.15) is 0 Å². The van der Waals surface area contributed by atoms with Gasteiger partial charge in [-0.15, -0.1) is 0 Å². The van der Waals surface area contributed by atoms with Crippen LogP contribution in [0.3, 0.4) is 0 Å². The molecule has 0 bridgehead atoms. The van der Waals surface area contributed by atoms with Crippen molar-refractivity contribution >= 4 is 0 Å². The van der Waals surface area contributed by atoms with Crippen molar-refractivity contribution in [2.75, 3.05) is 7.11 Å². The second-order valence-corrected chi connectivity index (χ2v) is 5.56. The van der Waals surface area contributed by atoms with Gasteiger partial charge in [-0.25, -0.2) is 4.39 Å². The van der Waals surface area contributed by atoms with Gasteiger partial charge in [0.05, 0.1) is 13.2 Å². The van der Waals surface area contributed by atoms with Crippen LogP contribution in [-0.2, 0) is 6.42 Å². The fourth-order valence-electron chi connectivity index (χ4n) is 2.77. The number of hydrogen-bond donors (Lipinski definition) is 1. The first-order valence-corrected chi connectivity index (χ1v) is 7.29. The molecule has 0 saturated heterocycles. The number of aliphatic hydroxyl groups is 1. The Kier molecular flexibility index (Phi) is 3.93. The van der Waals surface area contributed by atoms with Crippen LogP contribution in [0.15, 0.2) is 42.5 Å². The molecule has 1 atom stereocenters. The van der Waals surface area contributed by atoms with E-state index in [4.69, 9.17) is 4.74 Å². The van der Waals surface area contributed by atoms with E-state index in [0.29, 0.717) is 11.5 Å². The van der Waals surface area contributed by atoms with Gasteiger partial charge in [-0.05, 0) is 41.5 Å².